The number of halogens is 2. The maximum atomic E-state index is 14.7. The molecule has 20 heavy (non-hydrogen) atoms. The van der Waals surface area contributed by atoms with E-state index in [-0.39, 0.29) is 6.54 Å². The molecule has 2 rings (SSSR count). The third kappa shape index (κ3) is 3.20. The normalized spacial score (nSPS) is 20.9. The fourth-order valence-electron chi connectivity index (χ4n) is 2.55. The second kappa shape index (κ2) is 6.22. The van der Waals surface area contributed by atoms with Crippen LogP contribution in [0, 0.1) is 0 Å². The van der Waals surface area contributed by atoms with Gasteiger partial charge in [0.1, 0.15) is 5.60 Å². The molecule has 1 aromatic rings. The number of hydrogen-bond acceptors (Lipinski definition) is 2. The van der Waals surface area contributed by atoms with Gasteiger partial charge in [0.25, 0.3) is 10.5 Å². The van der Waals surface area contributed by atoms with Crippen LogP contribution in [0.1, 0.15) is 37.7 Å². The Labute approximate surface area is 126 Å². The quantitative estimate of drug-likeness (QED) is 0.825. The van der Waals surface area contributed by atoms with Gasteiger partial charge in [0, 0.05) is 6.54 Å². The van der Waals surface area contributed by atoms with Crippen LogP contribution in [-0.4, -0.2) is 21.2 Å². The van der Waals surface area contributed by atoms with E-state index in [1.165, 1.54) is 0 Å². The average Bonchev–Trinajstić information content (AvgIpc) is 2.46. The smallest absolute Gasteiger partial charge is 0.272 e. The SMILES string of the molecule is O=C(NCc1ccccc1)[C@](F)(Br)C1(O)CCCCC1. The van der Waals surface area contributed by atoms with Crippen LogP contribution in [0.4, 0.5) is 4.39 Å². The lowest BCUT2D eigenvalue weighted by Gasteiger charge is -2.39. The number of rotatable bonds is 4. The third-order valence-electron chi connectivity index (χ3n) is 3.85. The van der Waals surface area contributed by atoms with E-state index in [4.69, 9.17) is 0 Å². The molecule has 110 valence electrons. The summed E-state index contributed by atoms with van der Waals surface area (Å²) in [4.78, 5) is 12.0. The molecule has 1 aliphatic rings. The predicted molar refractivity (Wildman–Crippen MR) is 79.1 cm³/mol. The van der Waals surface area contributed by atoms with Gasteiger partial charge in [-0.2, -0.15) is 0 Å². The predicted octanol–water partition coefficient (Wildman–Crippen LogP) is 3.06. The molecule has 0 unspecified atom stereocenters. The van der Waals surface area contributed by atoms with Crippen LogP contribution in [0.25, 0.3) is 0 Å². The van der Waals surface area contributed by atoms with Crippen molar-refractivity contribution in [1.29, 1.82) is 0 Å². The fraction of sp³-hybridized carbons (Fsp3) is 0.533. The molecule has 3 nitrogen and oxygen atoms in total. The van der Waals surface area contributed by atoms with Crippen molar-refractivity contribution in [2.75, 3.05) is 0 Å². The van der Waals surface area contributed by atoms with E-state index in [0.29, 0.717) is 12.8 Å². The fourth-order valence-corrected chi connectivity index (χ4v) is 3.09. The number of hydrogen-bond donors (Lipinski definition) is 2. The van der Waals surface area contributed by atoms with Crippen molar-refractivity contribution in [3.05, 3.63) is 35.9 Å². The number of carbonyl (C=O) groups is 1. The Morgan fingerprint density at radius 3 is 2.50 bits per heavy atom. The lowest BCUT2D eigenvalue weighted by Crippen LogP contribution is -2.56. The number of amides is 1. The summed E-state index contributed by atoms with van der Waals surface area (Å²) in [5.41, 5.74) is -0.730. The summed E-state index contributed by atoms with van der Waals surface area (Å²) in [6, 6.07) is 9.29. The molecule has 0 heterocycles. The highest BCUT2D eigenvalue weighted by molar-refractivity contribution is 9.10. The monoisotopic (exact) mass is 343 g/mol. The molecule has 1 amide bonds. The maximum Gasteiger partial charge on any atom is 0.272 e. The number of benzene rings is 1. The van der Waals surface area contributed by atoms with Gasteiger partial charge in [0.2, 0.25) is 0 Å². The zero-order valence-corrected chi connectivity index (χ0v) is 12.8. The number of nitrogens with one attached hydrogen (secondary N) is 1. The molecule has 0 bridgehead atoms. The van der Waals surface area contributed by atoms with Gasteiger partial charge in [-0.1, -0.05) is 49.6 Å². The summed E-state index contributed by atoms with van der Waals surface area (Å²) in [5, 5.41) is 12.9. The molecule has 2 N–H and O–H groups in total. The van der Waals surface area contributed by atoms with E-state index >= 15 is 0 Å². The van der Waals surface area contributed by atoms with E-state index in [9.17, 15) is 14.3 Å². The molecule has 0 aromatic heterocycles. The van der Waals surface area contributed by atoms with Gasteiger partial charge in [-0.05, 0) is 34.3 Å². The molecule has 1 aromatic carbocycles. The van der Waals surface area contributed by atoms with Crippen molar-refractivity contribution in [3.8, 4) is 0 Å². The van der Waals surface area contributed by atoms with Crippen LogP contribution in [0.15, 0.2) is 30.3 Å². The zero-order chi connectivity index (χ0) is 14.6. The summed E-state index contributed by atoms with van der Waals surface area (Å²) in [7, 11) is 0. The molecule has 1 saturated carbocycles. The van der Waals surface area contributed by atoms with Crippen molar-refractivity contribution in [2.24, 2.45) is 0 Å². The molecule has 0 radical (unpaired) electrons. The highest BCUT2D eigenvalue weighted by Gasteiger charge is 2.55. The summed E-state index contributed by atoms with van der Waals surface area (Å²) < 4.78 is 12.3. The molecule has 0 saturated heterocycles. The molecule has 5 heteroatoms. The molecular weight excluding hydrogens is 325 g/mol. The molecule has 0 aliphatic heterocycles. The van der Waals surface area contributed by atoms with Crippen molar-refractivity contribution in [1.82, 2.24) is 5.32 Å². The van der Waals surface area contributed by atoms with Crippen LogP contribution in [0.5, 0.6) is 0 Å². The second-order valence-electron chi connectivity index (χ2n) is 5.33. The first-order chi connectivity index (χ1) is 9.46. The lowest BCUT2D eigenvalue weighted by molar-refractivity contribution is -0.144. The Morgan fingerprint density at radius 1 is 1.30 bits per heavy atom. The molecule has 1 atom stereocenters. The number of alkyl halides is 2. The highest BCUT2D eigenvalue weighted by Crippen LogP contribution is 2.43. The van der Waals surface area contributed by atoms with Crippen LogP contribution >= 0.6 is 15.9 Å². The van der Waals surface area contributed by atoms with Crippen molar-refractivity contribution in [2.45, 2.75) is 48.8 Å². The van der Waals surface area contributed by atoms with E-state index in [0.717, 1.165) is 24.8 Å². The van der Waals surface area contributed by atoms with Gasteiger partial charge in [-0.3, -0.25) is 4.79 Å². The van der Waals surface area contributed by atoms with Gasteiger partial charge in [-0.15, -0.1) is 0 Å². The molecular formula is C15H19BrFNO2. The molecule has 1 aliphatic carbocycles. The van der Waals surface area contributed by atoms with E-state index in [2.05, 4.69) is 21.2 Å². The minimum atomic E-state index is -2.44. The second-order valence-corrected chi connectivity index (χ2v) is 6.43. The lowest BCUT2D eigenvalue weighted by atomic mass is 9.81. The first kappa shape index (κ1) is 15.4. The summed E-state index contributed by atoms with van der Waals surface area (Å²) in [5.74, 6) is -0.814. The average molecular weight is 344 g/mol. The molecule has 1 fully saturated rings. The standard InChI is InChI=1S/C15H19BrFNO2/c16-15(17,14(20)9-5-2-6-10-14)13(19)18-11-12-7-3-1-4-8-12/h1,3-4,7-8,20H,2,5-6,9-11H2,(H,18,19)/t15-/m1/s1. The Balaban J connectivity index is 1.99. The van der Waals surface area contributed by atoms with Crippen LogP contribution in [-0.2, 0) is 11.3 Å². The van der Waals surface area contributed by atoms with E-state index < -0.39 is 16.1 Å². The third-order valence-corrected chi connectivity index (χ3v) is 4.94. The van der Waals surface area contributed by atoms with Gasteiger partial charge >= 0.3 is 0 Å². The number of carbonyl (C=O) groups excluding carboxylic acids is 1. The van der Waals surface area contributed by atoms with Gasteiger partial charge in [-0.25, -0.2) is 4.39 Å². The van der Waals surface area contributed by atoms with Crippen LogP contribution in [0.3, 0.4) is 0 Å². The summed E-state index contributed by atoms with van der Waals surface area (Å²) >= 11 is 2.81. The Kier molecular flexibility index (Phi) is 4.81. The van der Waals surface area contributed by atoms with Crippen LogP contribution < -0.4 is 5.32 Å². The molecule has 0 spiro atoms. The Hall–Kier alpha value is -0.940. The van der Waals surface area contributed by atoms with Crippen molar-refractivity contribution in [3.63, 3.8) is 0 Å². The first-order valence-corrected chi connectivity index (χ1v) is 7.67. The minimum absolute atomic E-state index is 0.243. The Bertz CT molecular complexity index is 458. The minimum Gasteiger partial charge on any atom is -0.385 e. The van der Waals surface area contributed by atoms with E-state index in [1.54, 1.807) is 0 Å². The first-order valence-electron chi connectivity index (χ1n) is 6.88. The van der Waals surface area contributed by atoms with Gasteiger partial charge in [0.15, 0.2) is 0 Å². The van der Waals surface area contributed by atoms with Gasteiger partial charge in [0.05, 0.1) is 0 Å². The van der Waals surface area contributed by atoms with Gasteiger partial charge < -0.3 is 10.4 Å². The van der Waals surface area contributed by atoms with Crippen molar-refractivity contribution < 1.29 is 14.3 Å². The summed E-state index contributed by atoms with van der Waals surface area (Å²) in [6.07, 6.45) is 3.04. The summed E-state index contributed by atoms with van der Waals surface area (Å²) in [6.45, 7) is 0.243. The van der Waals surface area contributed by atoms with Crippen LogP contribution in [0.2, 0.25) is 0 Å². The number of aliphatic hydroxyl groups is 1. The zero-order valence-electron chi connectivity index (χ0n) is 11.2. The van der Waals surface area contributed by atoms with Crippen molar-refractivity contribution >= 4 is 21.8 Å². The highest BCUT2D eigenvalue weighted by atomic mass is 79.9. The largest absolute Gasteiger partial charge is 0.385 e. The van der Waals surface area contributed by atoms with E-state index in [1.807, 2.05) is 30.3 Å². The Morgan fingerprint density at radius 2 is 1.90 bits per heavy atom. The maximum absolute atomic E-state index is 14.7. The topological polar surface area (TPSA) is 49.3 Å².